The third-order valence-electron chi connectivity index (χ3n) is 1.96. The van der Waals surface area contributed by atoms with E-state index in [1.54, 1.807) is 12.3 Å². The lowest BCUT2D eigenvalue weighted by Gasteiger charge is -1.97. The fraction of sp³-hybridized carbons (Fsp3) is 0.357. The molecule has 16 heavy (non-hydrogen) atoms. The van der Waals surface area contributed by atoms with Gasteiger partial charge in [-0.05, 0) is 37.2 Å². The predicted molar refractivity (Wildman–Crippen MR) is 73.3 cm³/mol. The monoisotopic (exact) mass is 218 g/mol. The topological polar surface area (TPSA) is 24.9 Å². The molecule has 0 aliphatic rings. The summed E-state index contributed by atoms with van der Waals surface area (Å²) in [6, 6.07) is 3.92. The van der Waals surface area contributed by atoms with E-state index in [4.69, 9.17) is 0 Å². The van der Waals surface area contributed by atoms with Gasteiger partial charge in [0, 0.05) is 6.20 Å². The van der Waals surface area contributed by atoms with Crippen LogP contribution < -0.4 is 5.32 Å². The van der Waals surface area contributed by atoms with Gasteiger partial charge in [-0.15, -0.1) is 0 Å². The molecule has 0 spiro atoms. The molecule has 88 valence electrons. The summed E-state index contributed by atoms with van der Waals surface area (Å²) in [6.45, 7) is 15.8. The quantitative estimate of drug-likeness (QED) is 0.838. The Morgan fingerprint density at radius 3 is 2.25 bits per heavy atom. The standard InChI is InChI=1S/C10H11N.C4H11N/c1-4-9-5-6-10(8(2)3)11-7-9;1-3-5-4-2/h4-7H,1-2H2,3H3;5H,3-4H2,1-2H3. The van der Waals surface area contributed by atoms with Crippen molar-refractivity contribution in [2.24, 2.45) is 0 Å². The van der Waals surface area contributed by atoms with Crippen molar-refractivity contribution in [2.75, 3.05) is 13.1 Å². The van der Waals surface area contributed by atoms with Gasteiger partial charge in [-0.1, -0.05) is 39.1 Å². The number of hydrogen-bond acceptors (Lipinski definition) is 2. The number of rotatable bonds is 4. The van der Waals surface area contributed by atoms with Crippen molar-refractivity contribution in [2.45, 2.75) is 20.8 Å². The van der Waals surface area contributed by atoms with E-state index in [0.717, 1.165) is 29.9 Å². The van der Waals surface area contributed by atoms with Crippen LogP contribution in [0.1, 0.15) is 32.0 Å². The highest BCUT2D eigenvalue weighted by Gasteiger charge is 1.92. The second kappa shape index (κ2) is 8.86. The summed E-state index contributed by atoms with van der Waals surface area (Å²) in [5, 5.41) is 3.11. The summed E-state index contributed by atoms with van der Waals surface area (Å²) in [5.41, 5.74) is 2.96. The van der Waals surface area contributed by atoms with E-state index in [1.165, 1.54) is 0 Å². The minimum atomic E-state index is 0.940. The Hall–Kier alpha value is -1.41. The first kappa shape index (κ1) is 14.6. The first-order valence-corrected chi connectivity index (χ1v) is 5.60. The Labute approximate surface area is 99.1 Å². The minimum Gasteiger partial charge on any atom is -0.317 e. The minimum absolute atomic E-state index is 0.940. The Balaban J connectivity index is 0.000000385. The first-order valence-electron chi connectivity index (χ1n) is 5.60. The zero-order valence-corrected chi connectivity index (χ0v) is 10.6. The van der Waals surface area contributed by atoms with E-state index in [-0.39, 0.29) is 0 Å². The molecule has 0 aliphatic carbocycles. The van der Waals surface area contributed by atoms with Crippen LogP contribution in [0.2, 0.25) is 0 Å². The third-order valence-corrected chi connectivity index (χ3v) is 1.96. The molecule has 1 aromatic heterocycles. The Bertz CT molecular complexity index is 310. The van der Waals surface area contributed by atoms with E-state index in [1.807, 2.05) is 19.1 Å². The molecule has 0 bridgehead atoms. The van der Waals surface area contributed by atoms with Crippen LogP contribution in [-0.2, 0) is 0 Å². The molecule has 0 atom stereocenters. The maximum absolute atomic E-state index is 4.18. The van der Waals surface area contributed by atoms with Crippen molar-refractivity contribution in [1.82, 2.24) is 10.3 Å². The van der Waals surface area contributed by atoms with Crippen molar-refractivity contribution >= 4 is 11.6 Å². The summed E-state index contributed by atoms with van der Waals surface area (Å²) in [7, 11) is 0. The fourth-order valence-electron chi connectivity index (χ4n) is 1.03. The summed E-state index contributed by atoms with van der Waals surface area (Å²) in [4.78, 5) is 4.18. The van der Waals surface area contributed by atoms with E-state index in [9.17, 15) is 0 Å². The van der Waals surface area contributed by atoms with E-state index in [0.29, 0.717) is 0 Å². The normalized spacial score (nSPS) is 8.94. The van der Waals surface area contributed by atoms with Gasteiger partial charge in [0.25, 0.3) is 0 Å². The molecular weight excluding hydrogens is 196 g/mol. The molecule has 0 radical (unpaired) electrons. The number of pyridine rings is 1. The maximum atomic E-state index is 4.18. The van der Waals surface area contributed by atoms with Gasteiger partial charge in [0.2, 0.25) is 0 Å². The molecule has 2 heteroatoms. The smallest absolute Gasteiger partial charge is 0.0653 e. The van der Waals surface area contributed by atoms with Crippen LogP contribution >= 0.6 is 0 Å². The Morgan fingerprint density at radius 2 is 2.00 bits per heavy atom. The van der Waals surface area contributed by atoms with E-state index >= 15 is 0 Å². The highest BCUT2D eigenvalue weighted by Crippen LogP contribution is 2.08. The number of nitrogens with zero attached hydrogens (tertiary/aromatic N) is 1. The van der Waals surface area contributed by atoms with Crippen LogP contribution in [0, 0.1) is 0 Å². The van der Waals surface area contributed by atoms with Gasteiger partial charge in [-0.2, -0.15) is 0 Å². The molecule has 1 N–H and O–H groups in total. The van der Waals surface area contributed by atoms with Crippen LogP contribution in [0.5, 0.6) is 0 Å². The van der Waals surface area contributed by atoms with Gasteiger partial charge < -0.3 is 5.32 Å². The zero-order chi connectivity index (χ0) is 12.4. The van der Waals surface area contributed by atoms with Gasteiger partial charge in [-0.3, -0.25) is 4.98 Å². The van der Waals surface area contributed by atoms with Gasteiger partial charge in [0.1, 0.15) is 0 Å². The van der Waals surface area contributed by atoms with Crippen molar-refractivity contribution in [1.29, 1.82) is 0 Å². The summed E-state index contributed by atoms with van der Waals surface area (Å²) < 4.78 is 0. The van der Waals surface area contributed by atoms with Crippen molar-refractivity contribution in [3.8, 4) is 0 Å². The lowest BCUT2D eigenvalue weighted by molar-refractivity contribution is 0.762. The lowest BCUT2D eigenvalue weighted by atomic mass is 10.2. The molecule has 0 aromatic carbocycles. The van der Waals surface area contributed by atoms with Gasteiger partial charge in [-0.25, -0.2) is 0 Å². The first-order chi connectivity index (χ1) is 7.65. The largest absolute Gasteiger partial charge is 0.317 e. The van der Waals surface area contributed by atoms with Crippen molar-refractivity contribution in [3.63, 3.8) is 0 Å². The second-order valence-corrected chi connectivity index (χ2v) is 3.42. The molecule has 1 aromatic rings. The molecule has 0 amide bonds. The summed E-state index contributed by atoms with van der Waals surface area (Å²) in [5.74, 6) is 0. The molecule has 0 unspecified atom stereocenters. The lowest BCUT2D eigenvalue weighted by Crippen LogP contribution is -2.09. The highest BCUT2D eigenvalue weighted by molar-refractivity contribution is 5.59. The van der Waals surface area contributed by atoms with Crippen LogP contribution in [0.3, 0.4) is 0 Å². The molecule has 0 fully saturated rings. The Kier molecular flexibility index (Phi) is 8.08. The molecule has 2 nitrogen and oxygen atoms in total. The SMILES string of the molecule is C=Cc1ccc(C(=C)C)nc1.CCNCC. The summed E-state index contributed by atoms with van der Waals surface area (Å²) in [6.07, 6.45) is 3.56. The number of aromatic nitrogens is 1. The third kappa shape index (κ3) is 6.14. The van der Waals surface area contributed by atoms with Crippen LogP contribution in [0.15, 0.2) is 31.5 Å². The van der Waals surface area contributed by atoms with Gasteiger partial charge >= 0.3 is 0 Å². The molecule has 0 aliphatic heterocycles. The molecule has 1 rings (SSSR count). The number of allylic oxidation sites excluding steroid dienone is 1. The number of hydrogen-bond donors (Lipinski definition) is 1. The number of nitrogens with one attached hydrogen (secondary N) is 1. The average molecular weight is 218 g/mol. The van der Waals surface area contributed by atoms with Gasteiger partial charge in [0.15, 0.2) is 0 Å². The van der Waals surface area contributed by atoms with Crippen LogP contribution in [0.4, 0.5) is 0 Å². The molecule has 0 saturated heterocycles. The van der Waals surface area contributed by atoms with E-state index in [2.05, 4.69) is 37.3 Å². The Morgan fingerprint density at radius 1 is 1.38 bits per heavy atom. The van der Waals surface area contributed by atoms with Gasteiger partial charge in [0.05, 0.1) is 5.69 Å². The molecular formula is C14H22N2. The fourth-order valence-corrected chi connectivity index (χ4v) is 1.03. The van der Waals surface area contributed by atoms with Crippen LogP contribution in [0.25, 0.3) is 11.6 Å². The van der Waals surface area contributed by atoms with Crippen molar-refractivity contribution in [3.05, 3.63) is 42.7 Å². The zero-order valence-electron chi connectivity index (χ0n) is 10.6. The highest BCUT2D eigenvalue weighted by atomic mass is 14.8. The van der Waals surface area contributed by atoms with Crippen molar-refractivity contribution < 1.29 is 0 Å². The van der Waals surface area contributed by atoms with Crippen LogP contribution in [-0.4, -0.2) is 18.1 Å². The maximum Gasteiger partial charge on any atom is 0.0653 e. The molecule has 1 heterocycles. The second-order valence-electron chi connectivity index (χ2n) is 3.42. The predicted octanol–water partition coefficient (Wildman–Crippen LogP) is 3.37. The van der Waals surface area contributed by atoms with E-state index < -0.39 is 0 Å². The average Bonchev–Trinajstić information content (AvgIpc) is 2.31. The summed E-state index contributed by atoms with van der Waals surface area (Å²) >= 11 is 0. The molecule has 0 saturated carbocycles.